The summed E-state index contributed by atoms with van der Waals surface area (Å²) in [4.78, 5) is 25.3. The molecule has 3 rings (SSSR count). The monoisotopic (exact) mass is 396 g/mol. The lowest BCUT2D eigenvalue weighted by Crippen LogP contribution is -2.25. The number of non-ortho nitro benzene ring substituents is 1. The van der Waals surface area contributed by atoms with E-state index in [0.717, 1.165) is 25.9 Å². The maximum absolute atomic E-state index is 12.8. The lowest BCUT2D eigenvalue weighted by molar-refractivity contribution is -0.384. The van der Waals surface area contributed by atoms with Crippen LogP contribution in [-0.4, -0.2) is 33.8 Å². The molecule has 1 heterocycles. The number of rotatable bonds is 8. The quantitative estimate of drug-likeness (QED) is 0.400. The van der Waals surface area contributed by atoms with E-state index in [2.05, 4.69) is 18.7 Å². The fourth-order valence-electron chi connectivity index (χ4n) is 3.42. The molecule has 0 bridgehead atoms. The Hall–Kier alpha value is -3.19. The third-order valence-corrected chi connectivity index (χ3v) is 4.78. The van der Waals surface area contributed by atoms with E-state index in [1.807, 2.05) is 0 Å². The molecule has 152 valence electrons. The maximum atomic E-state index is 12.8. The van der Waals surface area contributed by atoms with E-state index in [-0.39, 0.29) is 23.0 Å². The van der Waals surface area contributed by atoms with E-state index in [1.54, 1.807) is 24.3 Å². The van der Waals surface area contributed by atoms with Gasteiger partial charge < -0.3 is 9.84 Å². The zero-order valence-electron chi connectivity index (χ0n) is 16.6. The van der Waals surface area contributed by atoms with Gasteiger partial charge in [0.15, 0.2) is 5.76 Å². The number of aromatic hydroxyl groups is 1. The number of nitro groups is 1. The Bertz CT molecular complexity index is 944. The lowest BCUT2D eigenvalue weighted by atomic mass is 10.0. The minimum absolute atomic E-state index is 0.0201. The topological polar surface area (TPSA) is 92.9 Å². The number of nitrogens with zero attached hydrogens (tertiary/aromatic N) is 2. The average Bonchev–Trinajstić information content (AvgIpc) is 3.00. The van der Waals surface area contributed by atoms with Crippen LogP contribution in [0.15, 0.2) is 42.2 Å². The molecule has 0 aliphatic carbocycles. The molecular weight excluding hydrogens is 372 g/mol. The molecule has 0 aromatic heterocycles. The number of hydrogen-bond donors (Lipinski definition) is 1. The number of ketones is 1. The number of Topliss-reactive ketones (excluding diaryl/α,β-unsaturated/α-hetero) is 1. The molecule has 0 saturated carbocycles. The van der Waals surface area contributed by atoms with Gasteiger partial charge in [0.2, 0.25) is 5.78 Å². The second-order valence-corrected chi connectivity index (χ2v) is 7.00. The Morgan fingerprint density at radius 1 is 1.10 bits per heavy atom. The first kappa shape index (κ1) is 20.5. The molecule has 0 radical (unpaired) electrons. The molecule has 7 heteroatoms. The molecule has 29 heavy (non-hydrogen) atoms. The first-order valence-corrected chi connectivity index (χ1v) is 9.70. The van der Waals surface area contributed by atoms with E-state index in [9.17, 15) is 20.0 Å². The number of benzene rings is 2. The molecule has 0 atom stereocenters. The number of ether oxygens (including phenoxy) is 1. The average molecular weight is 396 g/mol. The molecule has 0 amide bonds. The van der Waals surface area contributed by atoms with Crippen molar-refractivity contribution < 1.29 is 19.6 Å². The highest BCUT2D eigenvalue weighted by Crippen LogP contribution is 2.40. The van der Waals surface area contributed by atoms with Crippen LogP contribution in [0.25, 0.3) is 6.08 Å². The van der Waals surface area contributed by atoms with Crippen LogP contribution in [0, 0.1) is 10.1 Å². The molecule has 7 nitrogen and oxygen atoms in total. The summed E-state index contributed by atoms with van der Waals surface area (Å²) in [5.41, 5.74) is 1.62. The van der Waals surface area contributed by atoms with Gasteiger partial charge in [-0.3, -0.25) is 19.8 Å². The highest BCUT2D eigenvalue weighted by Gasteiger charge is 2.31. The number of phenolic OH excluding ortho intramolecular Hbond substituents is 1. The van der Waals surface area contributed by atoms with Crippen LogP contribution >= 0.6 is 0 Å². The predicted molar refractivity (Wildman–Crippen MR) is 110 cm³/mol. The third kappa shape index (κ3) is 4.46. The van der Waals surface area contributed by atoms with Gasteiger partial charge in [0.05, 0.1) is 16.1 Å². The summed E-state index contributed by atoms with van der Waals surface area (Å²) >= 11 is 0. The van der Waals surface area contributed by atoms with Crippen molar-refractivity contribution in [3.63, 3.8) is 0 Å². The van der Waals surface area contributed by atoms with Gasteiger partial charge in [0.25, 0.3) is 5.69 Å². The molecule has 2 aromatic carbocycles. The number of hydrogen-bond acceptors (Lipinski definition) is 6. The number of fused-ring (bicyclic) bond motifs is 1. The van der Waals surface area contributed by atoms with E-state index in [0.29, 0.717) is 29.0 Å². The van der Waals surface area contributed by atoms with Gasteiger partial charge in [0, 0.05) is 18.7 Å². The van der Waals surface area contributed by atoms with Crippen LogP contribution < -0.4 is 4.74 Å². The van der Waals surface area contributed by atoms with Crippen molar-refractivity contribution in [3.05, 3.63) is 69.0 Å². The Kier molecular flexibility index (Phi) is 6.29. The highest BCUT2D eigenvalue weighted by molar-refractivity contribution is 6.15. The highest BCUT2D eigenvalue weighted by atomic mass is 16.6. The number of carbonyl (C=O) groups is 1. The molecule has 0 unspecified atom stereocenters. The molecule has 0 spiro atoms. The van der Waals surface area contributed by atoms with Crippen LogP contribution in [0.1, 0.15) is 48.2 Å². The number of phenols is 1. The summed E-state index contributed by atoms with van der Waals surface area (Å²) in [7, 11) is 0. The molecule has 2 aromatic rings. The smallest absolute Gasteiger partial charge is 0.269 e. The predicted octanol–water partition coefficient (Wildman–Crippen LogP) is 4.54. The van der Waals surface area contributed by atoms with Crippen molar-refractivity contribution in [2.45, 2.75) is 33.2 Å². The Morgan fingerprint density at radius 2 is 1.76 bits per heavy atom. The van der Waals surface area contributed by atoms with E-state index in [1.165, 1.54) is 18.2 Å². The molecule has 0 saturated heterocycles. The molecule has 1 N–H and O–H groups in total. The second-order valence-electron chi connectivity index (χ2n) is 7.00. The Labute approximate surface area is 169 Å². The normalized spacial score (nSPS) is 14.3. The van der Waals surface area contributed by atoms with Crippen molar-refractivity contribution in [3.8, 4) is 11.5 Å². The van der Waals surface area contributed by atoms with Gasteiger partial charge in [-0.05, 0) is 61.8 Å². The van der Waals surface area contributed by atoms with Crippen LogP contribution in [0.5, 0.6) is 11.5 Å². The van der Waals surface area contributed by atoms with Crippen molar-refractivity contribution >= 4 is 17.5 Å². The fourth-order valence-corrected chi connectivity index (χ4v) is 3.42. The standard InChI is InChI=1S/C22H24N2O5/c1-3-11-23(12-4-2)14-18-19(25)10-9-17-21(26)20(29-22(17)18)13-15-5-7-16(8-6-15)24(27)28/h5-10,13,25H,3-4,11-12,14H2,1-2H3/b20-13+. The zero-order chi connectivity index (χ0) is 21.0. The summed E-state index contributed by atoms with van der Waals surface area (Å²) in [6, 6.07) is 8.98. The first-order valence-electron chi connectivity index (χ1n) is 9.70. The van der Waals surface area contributed by atoms with E-state index >= 15 is 0 Å². The Balaban J connectivity index is 1.90. The lowest BCUT2D eigenvalue weighted by Gasteiger charge is -2.22. The van der Waals surface area contributed by atoms with Crippen molar-refractivity contribution in [1.82, 2.24) is 4.90 Å². The molecular formula is C22H24N2O5. The first-order chi connectivity index (χ1) is 13.9. The van der Waals surface area contributed by atoms with Crippen molar-refractivity contribution in [2.24, 2.45) is 0 Å². The second kappa shape index (κ2) is 8.87. The number of nitro benzene ring substituents is 1. The fraction of sp³-hybridized carbons (Fsp3) is 0.318. The SMILES string of the molecule is CCCN(CCC)Cc1c(O)ccc2c1O/C(=C/c1ccc([N+](=O)[O-])cc1)C2=O. The molecule has 1 aliphatic heterocycles. The summed E-state index contributed by atoms with van der Waals surface area (Å²) in [6.45, 7) is 6.47. The van der Waals surface area contributed by atoms with Gasteiger partial charge in [-0.1, -0.05) is 13.8 Å². The third-order valence-electron chi connectivity index (χ3n) is 4.78. The maximum Gasteiger partial charge on any atom is 0.269 e. The molecule has 1 aliphatic rings. The van der Waals surface area contributed by atoms with Gasteiger partial charge in [-0.2, -0.15) is 0 Å². The van der Waals surface area contributed by atoms with Crippen LogP contribution in [0.3, 0.4) is 0 Å². The van der Waals surface area contributed by atoms with Gasteiger partial charge in [-0.15, -0.1) is 0 Å². The van der Waals surface area contributed by atoms with E-state index < -0.39 is 4.92 Å². The summed E-state index contributed by atoms with van der Waals surface area (Å²) in [5, 5.41) is 21.2. The van der Waals surface area contributed by atoms with Gasteiger partial charge >= 0.3 is 0 Å². The van der Waals surface area contributed by atoms with Gasteiger partial charge in [-0.25, -0.2) is 0 Å². The zero-order valence-corrected chi connectivity index (χ0v) is 16.6. The number of carbonyl (C=O) groups excluding carboxylic acids is 1. The van der Waals surface area contributed by atoms with E-state index in [4.69, 9.17) is 4.74 Å². The van der Waals surface area contributed by atoms with Crippen LogP contribution in [0.4, 0.5) is 5.69 Å². The molecule has 0 fully saturated rings. The minimum Gasteiger partial charge on any atom is -0.507 e. The minimum atomic E-state index is -0.475. The number of allylic oxidation sites excluding steroid dienone is 1. The summed E-state index contributed by atoms with van der Waals surface area (Å²) in [5.74, 6) is 0.362. The largest absolute Gasteiger partial charge is 0.507 e. The summed E-state index contributed by atoms with van der Waals surface area (Å²) < 4.78 is 5.86. The summed E-state index contributed by atoms with van der Waals surface area (Å²) in [6.07, 6.45) is 3.53. The van der Waals surface area contributed by atoms with Crippen LogP contribution in [-0.2, 0) is 6.54 Å². The van der Waals surface area contributed by atoms with Crippen LogP contribution in [0.2, 0.25) is 0 Å². The van der Waals surface area contributed by atoms with Crippen molar-refractivity contribution in [1.29, 1.82) is 0 Å². The Morgan fingerprint density at radius 3 is 2.34 bits per heavy atom. The van der Waals surface area contributed by atoms with Crippen molar-refractivity contribution in [2.75, 3.05) is 13.1 Å². The van der Waals surface area contributed by atoms with Gasteiger partial charge in [0.1, 0.15) is 11.5 Å².